The molecule has 112 valence electrons. The number of hydrogen-bond donors (Lipinski definition) is 2. The van der Waals surface area contributed by atoms with Gasteiger partial charge >= 0.3 is 0 Å². The molecule has 1 atom stereocenters. The summed E-state index contributed by atoms with van der Waals surface area (Å²) in [7, 11) is 3.13. The number of nitrogens with zero attached hydrogens (tertiary/aromatic N) is 1. The smallest absolute Gasteiger partial charge is 0.256 e. The maximum atomic E-state index is 12.1. The average molecular weight is 354 g/mol. The van der Waals surface area contributed by atoms with E-state index in [1.165, 1.54) is 0 Å². The molecule has 0 aromatic heterocycles. The van der Waals surface area contributed by atoms with Crippen LogP contribution in [0.25, 0.3) is 0 Å². The van der Waals surface area contributed by atoms with Gasteiger partial charge in [0.15, 0.2) is 23.5 Å². The Morgan fingerprint density at radius 1 is 1.29 bits per heavy atom. The van der Waals surface area contributed by atoms with Crippen LogP contribution in [0.2, 0.25) is 0 Å². The molecule has 1 aromatic rings. The van der Waals surface area contributed by atoms with Gasteiger partial charge in [0.25, 0.3) is 5.91 Å². The van der Waals surface area contributed by atoms with Gasteiger partial charge in [0.05, 0.1) is 14.2 Å². The molecular formula is C14H16BrN3O3. The van der Waals surface area contributed by atoms with E-state index in [0.29, 0.717) is 23.5 Å². The fourth-order valence-electron chi connectivity index (χ4n) is 2.19. The quantitative estimate of drug-likeness (QED) is 0.864. The maximum absolute atomic E-state index is 12.1. The van der Waals surface area contributed by atoms with Crippen LogP contribution in [0.3, 0.4) is 0 Å². The molecule has 1 aliphatic heterocycles. The molecule has 3 rings (SSSR count). The van der Waals surface area contributed by atoms with E-state index < -0.39 is 6.04 Å². The van der Waals surface area contributed by atoms with Gasteiger partial charge < -0.3 is 14.8 Å². The molecule has 0 spiro atoms. The Morgan fingerprint density at radius 2 is 1.95 bits per heavy atom. The molecule has 1 fully saturated rings. The molecule has 21 heavy (non-hydrogen) atoms. The highest BCUT2D eigenvalue weighted by Crippen LogP contribution is 2.38. The number of guanidine groups is 1. The number of halogens is 1. The lowest BCUT2D eigenvalue weighted by molar-refractivity contribution is -0.120. The van der Waals surface area contributed by atoms with E-state index in [1.54, 1.807) is 26.4 Å². The van der Waals surface area contributed by atoms with Gasteiger partial charge in [-0.1, -0.05) is 15.9 Å². The highest BCUT2D eigenvalue weighted by molar-refractivity contribution is 9.10. The third kappa shape index (κ3) is 2.83. The first-order valence-electron chi connectivity index (χ1n) is 6.69. The zero-order valence-electron chi connectivity index (χ0n) is 11.8. The van der Waals surface area contributed by atoms with E-state index in [1.807, 2.05) is 0 Å². The summed E-state index contributed by atoms with van der Waals surface area (Å²) < 4.78 is 11.3. The normalized spacial score (nSPS) is 20.8. The third-order valence-electron chi connectivity index (χ3n) is 3.46. The zero-order chi connectivity index (χ0) is 15.0. The number of ether oxygens (including phenoxy) is 2. The van der Waals surface area contributed by atoms with Gasteiger partial charge in [-0.3, -0.25) is 10.1 Å². The van der Waals surface area contributed by atoms with Gasteiger partial charge in [0.2, 0.25) is 0 Å². The van der Waals surface area contributed by atoms with E-state index in [0.717, 1.165) is 22.9 Å². The first-order valence-corrected chi connectivity index (χ1v) is 7.48. The predicted octanol–water partition coefficient (Wildman–Crippen LogP) is 1.75. The zero-order valence-corrected chi connectivity index (χ0v) is 13.4. The number of rotatable bonds is 4. The molecule has 0 radical (unpaired) electrons. The first kappa shape index (κ1) is 14.2. The molecule has 6 nitrogen and oxygen atoms in total. The second-order valence-corrected chi connectivity index (χ2v) is 5.87. The number of nitrogens with one attached hydrogen (secondary N) is 2. The van der Waals surface area contributed by atoms with Crippen molar-refractivity contribution in [3.8, 4) is 11.5 Å². The number of carbonyl (C=O) groups excluding carboxylic acids is 1. The molecule has 1 aliphatic carbocycles. The highest BCUT2D eigenvalue weighted by Gasteiger charge is 2.33. The molecule has 0 bridgehead atoms. The van der Waals surface area contributed by atoms with Gasteiger partial charge in [0, 0.05) is 16.1 Å². The second kappa shape index (κ2) is 5.55. The first-order chi connectivity index (χ1) is 10.1. The summed E-state index contributed by atoms with van der Waals surface area (Å²) in [6, 6.07) is 3.41. The van der Waals surface area contributed by atoms with Gasteiger partial charge in [-0.25, -0.2) is 4.99 Å². The van der Waals surface area contributed by atoms with Crippen molar-refractivity contribution in [3.63, 3.8) is 0 Å². The summed E-state index contributed by atoms with van der Waals surface area (Å²) in [5.74, 6) is 1.58. The van der Waals surface area contributed by atoms with Crippen LogP contribution in [0.1, 0.15) is 24.4 Å². The second-order valence-electron chi connectivity index (χ2n) is 5.02. The van der Waals surface area contributed by atoms with Crippen LogP contribution in [0, 0.1) is 0 Å². The predicted molar refractivity (Wildman–Crippen MR) is 81.7 cm³/mol. The Kier molecular flexibility index (Phi) is 3.75. The Bertz CT molecular complexity index is 614. The third-order valence-corrected chi connectivity index (χ3v) is 4.15. The van der Waals surface area contributed by atoms with Crippen molar-refractivity contribution in [2.45, 2.75) is 24.9 Å². The van der Waals surface area contributed by atoms with Crippen molar-refractivity contribution in [1.29, 1.82) is 0 Å². The topological polar surface area (TPSA) is 72.0 Å². The largest absolute Gasteiger partial charge is 0.493 e. The van der Waals surface area contributed by atoms with E-state index in [2.05, 4.69) is 31.6 Å². The molecule has 7 heteroatoms. The number of benzene rings is 1. The number of methoxy groups -OCH3 is 2. The van der Waals surface area contributed by atoms with Crippen molar-refractivity contribution in [2.75, 3.05) is 14.2 Å². The number of amides is 1. The average Bonchev–Trinajstić information content (AvgIpc) is 3.21. The molecule has 2 aliphatic rings. The highest BCUT2D eigenvalue weighted by atomic mass is 79.9. The van der Waals surface area contributed by atoms with Crippen LogP contribution in [0.5, 0.6) is 11.5 Å². The maximum Gasteiger partial charge on any atom is 0.256 e. The van der Waals surface area contributed by atoms with E-state index in [-0.39, 0.29) is 5.91 Å². The minimum absolute atomic E-state index is 0.147. The van der Waals surface area contributed by atoms with Crippen LogP contribution >= 0.6 is 15.9 Å². The molecule has 1 aromatic carbocycles. The van der Waals surface area contributed by atoms with Crippen molar-refractivity contribution >= 4 is 27.8 Å². The fourth-order valence-corrected chi connectivity index (χ4v) is 2.73. The lowest BCUT2D eigenvalue weighted by Gasteiger charge is -2.13. The molecule has 1 unspecified atom stereocenters. The number of carbonyl (C=O) groups is 1. The fraction of sp³-hybridized carbons (Fsp3) is 0.429. The molecule has 1 amide bonds. The summed E-state index contributed by atoms with van der Waals surface area (Å²) in [6.07, 6.45) is 2.25. The van der Waals surface area contributed by atoms with Gasteiger partial charge in [0.1, 0.15) is 0 Å². The van der Waals surface area contributed by atoms with Crippen LogP contribution < -0.4 is 20.1 Å². The van der Waals surface area contributed by atoms with Crippen molar-refractivity contribution in [1.82, 2.24) is 10.6 Å². The van der Waals surface area contributed by atoms with Crippen LogP contribution in [-0.2, 0) is 4.79 Å². The molecule has 1 saturated carbocycles. The van der Waals surface area contributed by atoms with Crippen molar-refractivity contribution in [2.24, 2.45) is 4.99 Å². The van der Waals surface area contributed by atoms with Gasteiger partial charge in [-0.2, -0.15) is 0 Å². The van der Waals surface area contributed by atoms with Crippen molar-refractivity contribution < 1.29 is 14.3 Å². The monoisotopic (exact) mass is 353 g/mol. The summed E-state index contributed by atoms with van der Waals surface area (Å²) in [4.78, 5) is 16.6. The lowest BCUT2D eigenvalue weighted by atomic mass is 10.1. The van der Waals surface area contributed by atoms with E-state index >= 15 is 0 Å². The minimum Gasteiger partial charge on any atom is -0.493 e. The SMILES string of the molecule is COc1cc(Br)c(C2N=C(NC3CC3)NC2=O)cc1OC. The van der Waals surface area contributed by atoms with Gasteiger partial charge in [-0.05, 0) is 25.0 Å². The summed E-state index contributed by atoms with van der Waals surface area (Å²) in [5, 5.41) is 5.97. The minimum atomic E-state index is -0.583. The van der Waals surface area contributed by atoms with E-state index in [9.17, 15) is 4.79 Å². The molecular weight excluding hydrogens is 338 g/mol. The Labute approximate surface area is 131 Å². The Balaban J connectivity index is 1.91. The number of hydrogen-bond acceptors (Lipinski definition) is 5. The number of aliphatic imine (C=N–C) groups is 1. The van der Waals surface area contributed by atoms with Crippen LogP contribution in [0.15, 0.2) is 21.6 Å². The molecule has 1 heterocycles. The summed E-state index contributed by atoms with van der Waals surface area (Å²) in [6.45, 7) is 0. The van der Waals surface area contributed by atoms with Crippen LogP contribution in [0.4, 0.5) is 0 Å². The Hall–Kier alpha value is -1.76. The van der Waals surface area contributed by atoms with E-state index in [4.69, 9.17) is 9.47 Å². The standard InChI is InChI=1S/C14H16BrN3O3/c1-20-10-5-8(9(15)6-11(10)21-2)12-13(19)18-14(17-12)16-7-3-4-7/h5-7,12H,3-4H2,1-2H3,(H2,16,17,18,19). The van der Waals surface area contributed by atoms with Crippen LogP contribution in [-0.4, -0.2) is 32.1 Å². The summed E-state index contributed by atoms with van der Waals surface area (Å²) >= 11 is 3.47. The summed E-state index contributed by atoms with van der Waals surface area (Å²) in [5.41, 5.74) is 0.748. The van der Waals surface area contributed by atoms with Crippen molar-refractivity contribution in [3.05, 3.63) is 22.2 Å². The van der Waals surface area contributed by atoms with Gasteiger partial charge in [-0.15, -0.1) is 0 Å². The molecule has 2 N–H and O–H groups in total. The lowest BCUT2D eigenvalue weighted by Crippen LogP contribution is -2.37. The Morgan fingerprint density at radius 3 is 2.57 bits per heavy atom. The molecule has 0 saturated heterocycles.